The Bertz CT molecular complexity index is 1520. The van der Waals surface area contributed by atoms with Crippen molar-refractivity contribution in [2.24, 2.45) is 7.05 Å². The van der Waals surface area contributed by atoms with E-state index in [-0.39, 0.29) is 13.0 Å². The predicted octanol–water partition coefficient (Wildman–Crippen LogP) is 5.37. The van der Waals surface area contributed by atoms with Gasteiger partial charge in [0.1, 0.15) is 6.54 Å². The summed E-state index contributed by atoms with van der Waals surface area (Å²) in [7, 11) is 7.17. The maximum absolute atomic E-state index is 6.26. The second-order valence-electron chi connectivity index (χ2n) is 10.6. The highest BCUT2D eigenvalue weighted by atomic mass is 16.9. The van der Waals surface area contributed by atoms with Gasteiger partial charge >= 0.3 is 0 Å². The van der Waals surface area contributed by atoms with Crippen LogP contribution < -0.4 is 18.9 Å². The third kappa shape index (κ3) is 4.41. The fraction of sp³-hybridized carbons (Fsp3) is 0.375. The normalized spacial score (nSPS) is 21.8. The molecule has 40 heavy (non-hydrogen) atoms. The molecule has 210 valence electrons. The average molecular weight is 545 g/mol. The molecule has 0 amide bonds. The van der Waals surface area contributed by atoms with E-state index >= 15 is 0 Å². The number of piperazine rings is 1. The lowest BCUT2D eigenvalue weighted by Crippen LogP contribution is -2.65. The molecule has 0 saturated carbocycles. The Morgan fingerprint density at radius 3 is 2.45 bits per heavy atom. The van der Waals surface area contributed by atoms with Crippen LogP contribution in [-0.4, -0.2) is 69.5 Å². The van der Waals surface area contributed by atoms with Gasteiger partial charge in [-0.2, -0.15) is 4.84 Å². The maximum Gasteiger partial charge on any atom is 0.243 e. The van der Waals surface area contributed by atoms with Crippen molar-refractivity contribution in [2.45, 2.75) is 25.6 Å². The molecule has 8 nitrogen and oxygen atoms in total. The molecule has 0 radical (unpaired) electrons. The molecule has 3 heterocycles. The van der Waals surface area contributed by atoms with Crippen LogP contribution in [0.5, 0.6) is 17.2 Å². The summed E-state index contributed by atoms with van der Waals surface area (Å²) in [5.41, 5.74) is 5.86. The van der Waals surface area contributed by atoms with Gasteiger partial charge in [-0.25, -0.2) is 0 Å². The molecule has 6 rings (SSSR count). The van der Waals surface area contributed by atoms with E-state index in [0.29, 0.717) is 10.7 Å². The van der Waals surface area contributed by atoms with Crippen molar-refractivity contribution in [3.63, 3.8) is 0 Å². The van der Waals surface area contributed by atoms with E-state index < -0.39 is 0 Å². The zero-order valence-electron chi connectivity index (χ0n) is 23.9. The van der Waals surface area contributed by atoms with Gasteiger partial charge in [-0.1, -0.05) is 36.4 Å². The number of fused-ring (bicyclic) bond motifs is 2. The Hall–Kier alpha value is -3.56. The van der Waals surface area contributed by atoms with Crippen molar-refractivity contribution in [2.75, 3.05) is 47.8 Å². The van der Waals surface area contributed by atoms with Crippen LogP contribution in [0.15, 0.2) is 66.7 Å². The van der Waals surface area contributed by atoms with Gasteiger partial charge in [0.25, 0.3) is 0 Å². The van der Waals surface area contributed by atoms with E-state index in [1.165, 1.54) is 16.8 Å². The number of hydroxylamine groups is 2. The molecule has 3 aromatic carbocycles. The molecular weight excluding hydrogens is 506 g/mol. The third-order valence-corrected chi connectivity index (χ3v) is 8.59. The second kappa shape index (κ2) is 10.8. The number of para-hydroxylation sites is 2. The second-order valence-corrected chi connectivity index (χ2v) is 10.6. The summed E-state index contributed by atoms with van der Waals surface area (Å²) in [5.74, 6) is 2.30. The monoisotopic (exact) mass is 544 g/mol. The van der Waals surface area contributed by atoms with Crippen LogP contribution in [0.3, 0.4) is 0 Å². The summed E-state index contributed by atoms with van der Waals surface area (Å²) < 4.78 is 25.6. The van der Waals surface area contributed by atoms with Gasteiger partial charge in [-0.05, 0) is 37.1 Å². The van der Waals surface area contributed by atoms with Crippen molar-refractivity contribution in [3.8, 4) is 28.5 Å². The highest BCUT2D eigenvalue weighted by Crippen LogP contribution is 2.42. The predicted molar refractivity (Wildman–Crippen MR) is 157 cm³/mol. The smallest absolute Gasteiger partial charge is 0.243 e. The third-order valence-electron chi connectivity index (χ3n) is 8.59. The summed E-state index contributed by atoms with van der Waals surface area (Å²) in [4.78, 5) is 8.79. The zero-order valence-corrected chi connectivity index (χ0v) is 23.9. The number of aryl methyl sites for hydroxylation is 1. The van der Waals surface area contributed by atoms with E-state index in [0.717, 1.165) is 59.9 Å². The SMILES string of the molecule is COc1cc2cc(-c3ccccc3CC(C)N3CC[N+]4(c5ccccc5OC)OCOC4C3)n(C)c2cc1OC. The molecule has 4 aromatic rings. The van der Waals surface area contributed by atoms with Crippen LogP contribution in [-0.2, 0) is 23.0 Å². The molecule has 0 spiro atoms. The van der Waals surface area contributed by atoms with Crippen LogP contribution >= 0.6 is 0 Å². The van der Waals surface area contributed by atoms with Gasteiger partial charge in [-0.3, -0.25) is 9.64 Å². The van der Waals surface area contributed by atoms with Gasteiger partial charge < -0.3 is 18.8 Å². The molecule has 2 fully saturated rings. The topological polar surface area (TPSA) is 54.3 Å². The first kappa shape index (κ1) is 26.7. The van der Waals surface area contributed by atoms with Crippen LogP contribution in [0.25, 0.3) is 22.2 Å². The van der Waals surface area contributed by atoms with Gasteiger partial charge in [0, 0.05) is 41.9 Å². The molecule has 3 unspecified atom stereocenters. The minimum absolute atomic E-state index is 0.106. The lowest BCUT2D eigenvalue weighted by atomic mass is 9.97. The fourth-order valence-corrected chi connectivity index (χ4v) is 6.37. The Labute approximate surface area is 235 Å². The van der Waals surface area contributed by atoms with Crippen LogP contribution in [0, 0.1) is 0 Å². The Kier molecular flexibility index (Phi) is 7.18. The number of nitrogens with zero attached hydrogens (tertiary/aromatic N) is 3. The highest BCUT2D eigenvalue weighted by Gasteiger charge is 2.53. The molecule has 0 bridgehead atoms. The Balaban J connectivity index is 1.26. The first-order valence-corrected chi connectivity index (χ1v) is 13.8. The summed E-state index contributed by atoms with van der Waals surface area (Å²) in [6.07, 6.45) is 0.818. The number of methoxy groups -OCH3 is 3. The quantitative estimate of drug-likeness (QED) is 0.278. The van der Waals surface area contributed by atoms with E-state index in [2.05, 4.69) is 59.8 Å². The van der Waals surface area contributed by atoms with E-state index in [4.69, 9.17) is 23.8 Å². The van der Waals surface area contributed by atoms with Gasteiger partial charge in [0.05, 0.1) is 39.9 Å². The summed E-state index contributed by atoms with van der Waals surface area (Å²) in [5, 5.41) is 1.12. The number of benzene rings is 3. The van der Waals surface area contributed by atoms with E-state index in [1.54, 1.807) is 21.3 Å². The fourth-order valence-electron chi connectivity index (χ4n) is 6.37. The van der Waals surface area contributed by atoms with Crippen LogP contribution in [0.4, 0.5) is 5.69 Å². The van der Waals surface area contributed by atoms with E-state index in [9.17, 15) is 0 Å². The summed E-state index contributed by atoms with van der Waals surface area (Å²) in [6, 6.07) is 23.5. The first-order chi connectivity index (χ1) is 19.5. The lowest BCUT2D eigenvalue weighted by molar-refractivity contribution is -0.149. The number of hydrogen-bond donors (Lipinski definition) is 0. The lowest BCUT2D eigenvalue weighted by Gasteiger charge is -2.43. The standard InChI is InChI=1S/C32H38N3O5/c1-22(34-14-15-35(32(20-34)39-21-40-35)28-12-8-9-13-29(28)36-3)16-23-10-6-7-11-25(23)27-17-24-18-30(37-4)31(38-5)19-26(24)33(27)2/h6-13,17-19,22,32H,14-16,20-21H2,1-5H3/q+1. The largest absolute Gasteiger partial charge is 0.493 e. The zero-order chi connectivity index (χ0) is 27.9. The molecule has 2 saturated heterocycles. The number of aromatic nitrogens is 1. The minimum atomic E-state index is -0.106. The van der Waals surface area contributed by atoms with Crippen LogP contribution in [0.1, 0.15) is 12.5 Å². The molecule has 3 atom stereocenters. The van der Waals surface area contributed by atoms with Crippen LogP contribution in [0.2, 0.25) is 0 Å². The number of ether oxygens (including phenoxy) is 4. The Morgan fingerprint density at radius 1 is 0.925 bits per heavy atom. The van der Waals surface area contributed by atoms with E-state index in [1.807, 2.05) is 30.3 Å². The number of quaternary nitrogens is 1. The van der Waals surface area contributed by atoms with Gasteiger partial charge in [0.15, 0.2) is 17.2 Å². The first-order valence-electron chi connectivity index (χ1n) is 13.8. The molecule has 0 aliphatic carbocycles. The number of rotatable bonds is 8. The van der Waals surface area contributed by atoms with Gasteiger partial charge in [-0.15, -0.1) is 4.65 Å². The minimum Gasteiger partial charge on any atom is -0.493 e. The summed E-state index contributed by atoms with van der Waals surface area (Å²) >= 11 is 0. The Morgan fingerprint density at radius 2 is 1.65 bits per heavy atom. The van der Waals surface area contributed by atoms with Crippen molar-refractivity contribution < 1.29 is 23.8 Å². The van der Waals surface area contributed by atoms with Crippen molar-refractivity contribution in [1.82, 2.24) is 14.1 Å². The molecule has 1 aromatic heterocycles. The molecule has 2 aliphatic rings. The highest BCUT2D eigenvalue weighted by molar-refractivity contribution is 5.90. The molecule has 8 heteroatoms. The number of hydrogen-bond acceptors (Lipinski definition) is 6. The molecular formula is C32H38N3O5+. The maximum atomic E-state index is 6.26. The van der Waals surface area contributed by atoms with Gasteiger partial charge in [0.2, 0.25) is 18.7 Å². The van der Waals surface area contributed by atoms with Crippen molar-refractivity contribution in [3.05, 3.63) is 72.3 Å². The average Bonchev–Trinajstić information content (AvgIpc) is 3.57. The molecule has 0 N–H and O–H groups in total. The summed E-state index contributed by atoms with van der Waals surface area (Å²) in [6.45, 7) is 5.07. The van der Waals surface area contributed by atoms with Crippen molar-refractivity contribution >= 4 is 16.6 Å². The van der Waals surface area contributed by atoms with Crippen molar-refractivity contribution in [1.29, 1.82) is 0 Å². The molecule has 2 aliphatic heterocycles.